The Kier molecular flexibility index (Phi) is 7.13. The molecule has 0 unspecified atom stereocenters. The number of hydrogen-bond acceptors (Lipinski definition) is 4. The number of nitrogens with one attached hydrogen (secondary N) is 1. The van der Waals surface area contributed by atoms with Crippen molar-refractivity contribution in [1.29, 1.82) is 0 Å². The second kappa shape index (κ2) is 9.98. The smallest absolute Gasteiger partial charge is 0.221 e. The summed E-state index contributed by atoms with van der Waals surface area (Å²) in [5.74, 6) is 1.02. The predicted octanol–water partition coefficient (Wildman–Crippen LogP) is 4.58. The van der Waals surface area contributed by atoms with E-state index in [0.717, 1.165) is 30.1 Å². The van der Waals surface area contributed by atoms with Crippen molar-refractivity contribution in [3.8, 4) is 11.5 Å². The first-order chi connectivity index (χ1) is 14.9. The van der Waals surface area contributed by atoms with E-state index in [0.29, 0.717) is 17.0 Å². The third kappa shape index (κ3) is 5.54. The molecular weight excluding hydrogens is 392 g/mol. The number of hydrogen-bond donors (Lipinski definition) is 1. The molecule has 0 atom stereocenters. The molecule has 0 fully saturated rings. The summed E-state index contributed by atoms with van der Waals surface area (Å²) in [6.45, 7) is 6.08. The van der Waals surface area contributed by atoms with Gasteiger partial charge < -0.3 is 19.4 Å². The van der Waals surface area contributed by atoms with Crippen molar-refractivity contribution in [1.82, 2.24) is 4.57 Å². The largest absolute Gasteiger partial charge is 0.497 e. The van der Waals surface area contributed by atoms with Gasteiger partial charge in [0.1, 0.15) is 11.5 Å². The number of aromatic nitrogens is 1. The molecule has 6 nitrogen and oxygen atoms in total. The Morgan fingerprint density at radius 2 is 1.74 bits per heavy atom. The second-order valence-corrected chi connectivity index (χ2v) is 7.42. The van der Waals surface area contributed by atoms with Crippen LogP contribution in [0.4, 0.5) is 5.69 Å². The third-order valence-electron chi connectivity index (χ3n) is 5.21. The lowest BCUT2D eigenvalue weighted by Gasteiger charge is -2.12. The normalized spacial score (nSPS) is 10.6. The number of ether oxygens (including phenoxy) is 2. The Morgan fingerprint density at radius 3 is 2.42 bits per heavy atom. The maximum atomic E-state index is 12.8. The molecule has 162 valence electrons. The van der Waals surface area contributed by atoms with Gasteiger partial charge in [0, 0.05) is 30.4 Å². The molecule has 31 heavy (non-hydrogen) atoms. The Hall–Kier alpha value is -3.54. The SMILES string of the molecule is COc1ccc(CCn2c(C)cc(C(=O)COc3ccccc3NC(C)=O)c2C)cc1. The minimum Gasteiger partial charge on any atom is -0.497 e. The fraction of sp³-hybridized carbons (Fsp3) is 0.280. The average Bonchev–Trinajstić information content (AvgIpc) is 3.05. The van der Waals surface area contributed by atoms with E-state index >= 15 is 0 Å². The van der Waals surface area contributed by atoms with Crippen LogP contribution >= 0.6 is 0 Å². The molecule has 0 aliphatic carbocycles. The quantitative estimate of drug-likeness (QED) is 0.515. The molecule has 1 amide bonds. The van der Waals surface area contributed by atoms with E-state index in [9.17, 15) is 9.59 Å². The number of aryl methyl sites for hydroxylation is 2. The average molecular weight is 421 g/mol. The van der Waals surface area contributed by atoms with Crippen LogP contribution in [-0.4, -0.2) is 30.0 Å². The van der Waals surface area contributed by atoms with E-state index in [-0.39, 0.29) is 18.3 Å². The topological polar surface area (TPSA) is 69.6 Å². The molecule has 2 aromatic carbocycles. The summed E-state index contributed by atoms with van der Waals surface area (Å²) < 4.78 is 13.1. The van der Waals surface area contributed by atoms with Crippen molar-refractivity contribution in [2.45, 2.75) is 33.7 Å². The summed E-state index contributed by atoms with van der Waals surface area (Å²) in [6.07, 6.45) is 0.856. The van der Waals surface area contributed by atoms with Crippen molar-refractivity contribution in [2.75, 3.05) is 19.0 Å². The van der Waals surface area contributed by atoms with E-state index in [4.69, 9.17) is 9.47 Å². The lowest BCUT2D eigenvalue weighted by atomic mass is 10.1. The van der Waals surface area contributed by atoms with Crippen molar-refractivity contribution >= 4 is 17.4 Å². The summed E-state index contributed by atoms with van der Waals surface area (Å²) in [7, 11) is 1.66. The highest BCUT2D eigenvalue weighted by Gasteiger charge is 2.17. The van der Waals surface area contributed by atoms with Gasteiger partial charge in [0.2, 0.25) is 11.7 Å². The Bertz CT molecular complexity index is 1070. The van der Waals surface area contributed by atoms with Crippen LogP contribution < -0.4 is 14.8 Å². The van der Waals surface area contributed by atoms with Crippen LogP contribution in [0.25, 0.3) is 0 Å². The molecule has 0 saturated heterocycles. The number of nitrogens with zero attached hydrogens (tertiary/aromatic N) is 1. The number of carbonyl (C=O) groups is 2. The van der Waals surface area contributed by atoms with Gasteiger partial charge in [-0.2, -0.15) is 0 Å². The standard InChI is InChI=1S/C25H28N2O4/c1-17-15-22(18(2)27(17)14-13-20-9-11-21(30-4)12-10-20)24(29)16-31-25-8-6-5-7-23(25)26-19(3)28/h5-12,15H,13-14,16H2,1-4H3,(H,26,28). The number of para-hydroxylation sites is 2. The zero-order chi connectivity index (χ0) is 22.4. The van der Waals surface area contributed by atoms with Crippen LogP contribution in [0.1, 0.15) is 34.2 Å². The predicted molar refractivity (Wildman–Crippen MR) is 121 cm³/mol. The number of ketones is 1. The molecule has 3 rings (SSSR count). The minimum atomic E-state index is -0.192. The van der Waals surface area contributed by atoms with Crippen LogP contribution in [0.15, 0.2) is 54.6 Å². The molecule has 6 heteroatoms. The highest BCUT2D eigenvalue weighted by molar-refractivity contribution is 5.98. The first-order valence-corrected chi connectivity index (χ1v) is 10.2. The van der Waals surface area contributed by atoms with E-state index in [2.05, 4.69) is 22.0 Å². The molecule has 3 aromatic rings. The highest BCUT2D eigenvalue weighted by atomic mass is 16.5. The van der Waals surface area contributed by atoms with E-state index in [1.165, 1.54) is 12.5 Å². The van der Waals surface area contributed by atoms with Gasteiger partial charge in [-0.1, -0.05) is 24.3 Å². The first-order valence-electron chi connectivity index (χ1n) is 10.2. The van der Waals surface area contributed by atoms with Gasteiger partial charge >= 0.3 is 0 Å². The first kappa shape index (κ1) is 22.2. The number of anilines is 1. The highest BCUT2D eigenvalue weighted by Crippen LogP contribution is 2.24. The number of rotatable bonds is 9. The molecule has 1 N–H and O–H groups in total. The molecular formula is C25H28N2O4. The Labute approximate surface area is 182 Å². The summed E-state index contributed by atoms with van der Waals surface area (Å²) in [4.78, 5) is 24.2. The van der Waals surface area contributed by atoms with Crippen molar-refractivity contribution in [3.63, 3.8) is 0 Å². The fourth-order valence-electron chi connectivity index (χ4n) is 3.57. The lowest BCUT2D eigenvalue weighted by molar-refractivity contribution is -0.114. The molecule has 0 radical (unpaired) electrons. The molecule has 0 aliphatic heterocycles. The number of benzene rings is 2. The minimum absolute atomic E-state index is 0.0959. The van der Waals surface area contributed by atoms with Gasteiger partial charge in [0.05, 0.1) is 12.8 Å². The van der Waals surface area contributed by atoms with Crippen molar-refractivity contribution in [2.24, 2.45) is 0 Å². The molecule has 1 heterocycles. The van der Waals surface area contributed by atoms with Crippen molar-refractivity contribution < 1.29 is 19.1 Å². The van der Waals surface area contributed by atoms with Gasteiger partial charge in [0.25, 0.3) is 0 Å². The Balaban J connectivity index is 1.66. The van der Waals surface area contributed by atoms with E-state index < -0.39 is 0 Å². The number of methoxy groups -OCH3 is 1. The maximum absolute atomic E-state index is 12.8. The fourth-order valence-corrected chi connectivity index (χ4v) is 3.57. The zero-order valence-electron chi connectivity index (χ0n) is 18.4. The molecule has 0 spiro atoms. The molecule has 0 saturated carbocycles. The molecule has 0 bridgehead atoms. The van der Waals surface area contributed by atoms with Crippen LogP contribution in [0, 0.1) is 13.8 Å². The van der Waals surface area contributed by atoms with Gasteiger partial charge in [-0.3, -0.25) is 9.59 Å². The number of Topliss-reactive ketones (excluding diaryl/α,β-unsaturated/α-hetero) is 1. The lowest BCUT2D eigenvalue weighted by Crippen LogP contribution is -2.15. The van der Waals surface area contributed by atoms with Gasteiger partial charge in [0.15, 0.2) is 6.61 Å². The second-order valence-electron chi connectivity index (χ2n) is 7.42. The summed E-state index contributed by atoms with van der Waals surface area (Å²) in [5.41, 5.74) is 4.37. The summed E-state index contributed by atoms with van der Waals surface area (Å²) in [5, 5.41) is 2.71. The van der Waals surface area contributed by atoms with E-state index in [1.54, 1.807) is 31.4 Å². The van der Waals surface area contributed by atoms with Gasteiger partial charge in [-0.15, -0.1) is 0 Å². The zero-order valence-corrected chi connectivity index (χ0v) is 18.4. The van der Waals surface area contributed by atoms with Crippen LogP contribution in [-0.2, 0) is 17.8 Å². The Morgan fingerprint density at radius 1 is 1.03 bits per heavy atom. The molecule has 1 aromatic heterocycles. The maximum Gasteiger partial charge on any atom is 0.221 e. The monoisotopic (exact) mass is 420 g/mol. The number of amides is 1. The summed E-state index contributed by atoms with van der Waals surface area (Å²) >= 11 is 0. The molecule has 0 aliphatic rings. The summed E-state index contributed by atoms with van der Waals surface area (Å²) in [6, 6.07) is 17.0. The van der Waals surface area contributed by atoms with Crippen LogP contribution in [0.3, 0.4) is 0 Å². The number of carbonyl (C=O) groups excluding carboxylic acids is 2. The van der Waals surface area contributed by atoms with Crippen LogP contribution in [0.5, 0.6) is 11.5 Å². The van der Waals surface area contributed by atoms with Crippen molar-refractivity contribution in [3.05, 3.63) is 77.1 Å². The van der Waals surface area contributed by atoms with Gasteiger partial charge in [-0.25, -0.2) is 0 Å². The van der Waals surface area contributed by atoms with Gasteiger partial charge in [-0.05, 0) is 56.2 Å². The van der Waals surface area contributed by atoms with E-state index in [1.807, 2.05) is 32.0 Å². The van der Waals surface area contributed by atoms with Crippen LogP contribution in [0.2, 0.25) is 0 Å². The third-order valence-corrected chi connectivity index (χ3v) is 5.21.